The van der Waals surface area contributed by atoms with Crippen LogP contribution in [0.25, 0.3) is 0 Å². The molecule has 2 fully saturated rings. The molecule has 0 saturated carbocycles. The molecule has 0 amide bonds. The molecule has 2 aliphatic heterocycles. The minimum Gasteiger partial charge on any atom is -0.371 e. The van der Waals surface area contributed by atoms with Crippen molar-refractivity contribution in [3.05, 3.63) is 0 Å². The highest BCUT2D eigenvalue weighted by Crippen LogP contribution is 2.54. The molecule has 0 radical (unpaired) electrons. The molecule has 2 rings (SSSR count). The standard InChI is InChI=1S/C16H30O2/c1-14(2,3)9-10-12-11(16(7,8)18-12)13(17-10)15(4,5)6/h10-13H,9H2,1-8H3. The Morgan fingerprint density at radius 1 is 1.00 bits per heavy atom. The Morgan fingerprint density at radius 2 is 1.56 bits per heavy atom. The molecule has 2 heterocycles. The van der Waals surface area contributed by atoms with Crippen molar-refractivity contribution >= 4 is 0 Å². The van der Waals surface area contributed by atoms with E-state index in [1.54, 1.807) is 0 Å². The van der Waals surface area contributed by atoms with Crippen molar-refractivity contribution in [2.45, 2.75) is 85.7 Å². The second-order valence-corrected chi connectivity index (χ2v) is 8.94. The zero-order valence-electron chi connectivity index (χ0n) is 13.3. The lowest BCUT2D eigenvalue weighted by molar-refractivity contribution is -0.240. The summed E-state index contributed by atoms with van der Waals surface area (Å²) in [5.74, 6) is 0.546. The number of fused-ring (bicyclic) bond motifs is 1. The van der Waals surface area contributed by atoms with E-state index in [-0.39, 0.29) is 17.1 Å². The van der Waals surface area contributed by atoms with Crippen molar-refractivity contribution < 1.29 is 9.47 Å². The second kappa shape index (κ2) is 3.96. The molecule has 0 bridgehead atoms. The summed E-state index contributed by atoms with van der Waals surface area (Å²) >= 11 is 0. The lowest BCUT2D eigenvalue weighted by Gasteiger charge is -2.52. The van der Waals surface area contributed by atoms with Gasteiger partial charge >= 0.3 is 0 Å². The molecular formula is C16H30O2. The maximum Gasteiger partial charge on any atom is 0.0924 e. The van der Waals surface area contributed by atoms with Gasteiger partial charge in [0.05, 0.1) is 23.9 Å². The zero-order chi connectivity index (χ0) is 13.9. The lowest BCUT2D eigenvalue weighted by atomic mass is 9.68. The lowest BCUT2D eigenvalue weighted by Crippen LogP contribution is -2.61. The largest absolute Gasteiger partial charge is 0.371 e. The third-order valence-corrected chi connectivity index (χ3v) is 4.28. The molecule has 4 atom stereocenters. The van der Waals surface area contributed by atoms with Gasteiger partial charge in [0, 0.05) is 5.92 Å². The van der Waals surface area contributed by atoms with E-state index in [4.69, 9.17) is 9.47 Å². The average molecular weight is 254 g/mol. The van der Waals surface area contributed by atoms with Crippen molar-refractivity contribution in [2.75, 3.05) is 0 Å². The van der Waals surface area contributed by atoms with Crippen LogP contribution in [0.3, 0.4) is 0 Å². The van der Waals surface area contributed by atoms with Gasteiger partial charge in [-0.3, -0.25) is 0 Å². The third kappa shape index (κ3) is 2.46. The van der Waals surface area contributed by atoms with E-state index in [1.165, 1.54) is 0 Å². The molecule has 0 spiro atoms. The van der Waals surface area contributed by atoms with E-state index in [2.05, 4.69) is 55.4 Å². The molecule has 0 aromatic carbocycles. The van der Waals surface area contributed by atoms with Crippen LogP contribution in [0.1, 0.15) is 61.8 Å². The summed E-state index contributed by atoms with van der Waals surface area (Å²) in [5, 5.41) is 0. The van der Waals surface area contributed by atoms with Gasteiger partial charge in [0.25, 0.3) is 0 Å². The first-order chi connectivity index (χ1) is 7.92. The molecule has 0 aromatic heterocycles. The average Bonchev–Trinajstić information content (AvgIpc) is 2.36. The number of rotatable bonds is 1. The maximum absolute atomic E-state index is 6.40. The summed E-state index contributed by atoms with van der Waals surface area (Å²) in [5.41, 5.74) is 0.469. The highest BCUT2D eigenvalue weighted by Gasteiger charge is 2.63. The van der Waals surface area contributed by atoms with E-state index < -0.39 is 0 Å². The van der Waals surface area contributed by atoms with Crippen molar-refractivity contribution in [3.8, 4) is 0 Å². The van der Waals surface area contributed by atoms with Crippen LogP contribution in [0.15, 0.2) is 0 Å². The Kier molecular flexibility index (Phi) is 3.15. The predicted molar refractivity (Wildman–Crippen MR) is 74.6 cm³/mol. The molecule has 2 heteroatoms. The van der Waals surface area contributed by atoms with Crippen LogP contribution in [0, 0.1) is 16.7 Å². The van der Waals surface area contributed by atoms with Crippen LogP contribution in [0.4, 0.5) is 0 Å². The van der Waals surface area contributed by atoms with E-state index in [0.717, 1.165) is 6.42 Å². The summed E-state index contributed by atoms with van der Waals surface area (Å²) < 4.78 is 12.5. The summed E-state index contributed by atoms with van der Waals surface area (Å²) in [7, 11) is 0. The summed E-state index contributed by atoms with van der Waals surface area (Å²) in [6.45, 7) is 18.1. The topological polar surface area (TPSA) is 18.5 Å². The quantitative estimate of drug-likeness (QED) is 0.703. The fraction of sp³-hybridized carbons (Fsp3) is 1.00. The first kappa shape index (κ1) is 14.3. The summed E-state index contributed by atoms with van der Waals surface area (Å²) in [6, 6.07) is 0. The molecule has 2 nitrogen and oxygen atoms in total. The fourth-order valence-corrected chi connectivity index (χ4v) is 3.53. The molecular weight excluding hydrogens is 224 g/mol. The van der Waals surface area contributed by atoms with Crippen molar-refractivity contribution in [2.24, 2.45) is 16.7 Å². The van der Waals surface area contributed by atoms with Crippen LogP contribution in [0.5, 0.6) is 0 Å². The molecule has 0 aromatic rings. The van der Waals surface area contributed by atoms with Gasteiger partial charge < -0.3 is 9.47 Å². The van der Waals surface area contributed by atoms with E-state index >= 15 is 0 Å². The molecule has 4 unspecified atom stereocenters. The minimum absolute atomic E-state index is 0.0186. The highest BCUT2D eigenvalue weighted by molar-refractivity contribution is 5.10. The van der Waals surface area contributed by atoms with Gasteiger partial charge in [-0.25, -0.2) is 0 Å². The van der Waals surface area contributed by atoms with Gasteiger partial charge in [-0.2, -0.15) is 0 Å². The maximum atomic E-state index is 6.40. The van der Waals surface area contributed by atoms with Gasteiger partial charge in [0.1, 0.15) is 0 Å². The van der Waals surface area contributed by atoms with Crippen LogP contribution in [0.2, 0.25) is 0 Å². The molecule has 2 saturated heterocycles. The monoisotopic (exact) mass is 254 g/mol. The summed E-state index contributed by atoms with van der Waals surface area (Å²) in [6.07, 6.45) is 1.98. The van der Waals surface area contributed by atoms with Gasteiger partial charge in [-0.15, -0.1) is 0 Å². The normalized spacial score (nSPS) is 39.3. The third-order valence-electron chi connectivity index (χ3n) is 4.28. The SMILES string of the molecule is CC(C)(C)CC1OC(C(C)(C)C)C2C1OC2(C)C. The van der Waals surface area contributed by atoms with Gasteiger partial charge in [-0.1, -0.05) is 41.5 Å². The van der Waals surface area contributed by atoms with Crippen molar-refractivity contribution in [3.63, 3.8) is 0 Å². The van der Waals surface area contributed by atoms with E-state index in [1.807, 2.05) is 0 Å². The van der Waals surface area contributed by atoms with E-state index in [0.29, 0.717) is 23.5 Å². The van der Waals surface area contributed by atoms with Crippen LogP contribution < -0.4 is 0 Å². The number of ether oxygens (including phenoxy) is 2. The first-order valence-electron chi connectivity index (χ1n) is 7.25. The van der Waals surface area contributed by atoms with Crippen LogP contribution >= 0.6 is 0 Å². The summed E-state index contributed by atoms with van der Waals surface area (Å²) in [4.78, 5) is 0. The van der Waals surface area contributed by atoms with Crippen LogP contribution in [-0.4, -0.2) is 23.9 Å². The highest BCUT2D eigenvalue weighted by atomic mass is 16.6. The van der Waals surface area contributed by atoms with E-state index in [9.17, 15) is 0 Å². The Balaban J connectivity index is 2.16. The Hall–Kier alpha value is -0.0800. The van der Waals surface area contributed by atoms with Gasteiger partial charge in [-0.05, 0) is 31.1 Å². The van der Waals surface area contributed by atoms with Gasteiger partial charge in [0.15, 0.2) is 0 Å². The molecule has 2 aliphatic rings. The second-order valence-electron chi connectivity index (χ2n) is 8.94. The van der Waals surface area contributed by atoms with Gasteiger partial charge in [0.2, 0.25) is 0 Å². The van der Waals surface area contributed by atoms with Crippen LogP contribution in [-0.2, 0) is 9.47 Å². The fourth-order valence-electron chi connectivity index (χ4n) is 3.53. The Labute approximate surface area is 112 Å². The molecule has 0 N–H and O–H groups in total. The van der Waals surface area contributed by atoms with Crippen molar-refractivity contribution in [1.82, 2.24) is 0 Å². The Bertz CT molecular complexity index is 309. The Morgan fingerprint density at radius 3 is 1.89 bits per heavy atom. The zero-order valence-corrected chi connectivity index (χ0v) is 13.3. The first-order valence-corrected chi connectivity index (χ1v) is 7.25. The smallest absolute Gasteiger partial charge is 0.0924 e. The number of hydrogen-bond donors (Lipinski definition) is 0. The minimum atomic E-state index is -0.0186. The van der Waals surface area contributed by atoms with Crippen molar-refractivity contribution in [1.29, 1.82) is 0 Å². The number of hydrogen-bond acceptors (Lipinski definition) is 2. The predicted octanol–water partition coefficient (Wildman–Crippen LogP) is 4.03. The molecule has 18 heavy (non-hydrogen) atoms. The molecule has 106 valence electrons. The molecule has 0 aliphatic carbocycles.